The Kier molecular flexibility index (Phi) is 6.48. The molecule has 1 saturated heterocycles. The number of para-hydroxylation sites is 2. The number of rotatable bonds is 7. The Bertz CT molecular complexity index is 932. The van der Waals surface area contributed by atoms with Crippen LogP contribution in [0.25, 0.3) is 11.1 Å². The van der Waals surface area contributed by atoms with E-state index in [2.05, 4.69) is 15.2 Å². The van der Waals surface area contributed by atoms with Crippen molar-refractivity contribution in [2.45, 2.75) is 5.22 Å². The van der Waals surface area contributed by atoms with Crippen LogP contribution in [0.5, 0.6) is 0 Å². The molecular formula is C20H22N4O3S2. The van der Waals surface area contributed by atoms with E-state index < -0.39 is 0 Å². The molecule has 152 valence electrons. The van der Waals surface area contributed by atoms with Gasteiger partial charge in [0.15, 0.2) is 5.58 Å². The summed E-state index contributed by atoms with van der Waals surface area (Å²) < 4.78 is 5.61. The molecule has 3 aromatic rings. The number of oxazole rings is 1. The molecule has 1 fully saturated rings. The lowest BCUT2D eigenvalue weighted by Gasteiger charge is -2.34. The molecule has 3 heterocycles. The van der Waals surface area contributed by atoms with Crippen LogP contribution >= 0.6 is 23.1 Å². The molecule has 0 unspecified atom stereocenters. The highest BCUT2D eigenvalue weighted by Gasteiger charge is 2.22. The van der Waals surface area contributed by atoms with Gasteiger partial charge in [0.1, 0.15) is 5.52 Å². The Morgan fingerprint density at radius 2 is 2.00 bits per heavy atom. The molecule has 1 N–H and O–H groups in total. The third-order valence-electron chi connectivity index (χ3n) is 4.78. The van der Waals surface area contributed by atoms with Crippen molar-refractivity contribution in [1.82, 2.24) is 20.1 Å². The quantitative estimate of drug-likeness (QED) is 0.581. The van der Waals surface area contributed by atoms with E-state index in [1.165, 1.54) is 23.1 Å². The fraction of sp³-hybridized carbons (Fsp3) is 0.350. The van der Waals surface area contributed by atoms with Gasteiger partial charge in [-0.2, -0.15) is 11.3 Å². The molecule has 2 aromatic heterocycles. The minimum Gasteiger partial charge on any atom is -0.431 e. The van der Waals surface area contributed by atoms with E-state index in [9.17, 15) is 9.59 Å². The van der Waals surface area contributed by atoms with Crippen molar-refractivity contribution in [3.05, 3.63) is 46.7 Å². The number of hydrogen-bond acceptors (Lipinski definition) is 7. The summed E-state index contributed by atoms with van der Waals surface area (Å²) in [6.45, 7) is 4.45. The molecule has 7 nitrogen and oxygen atoms in total. The molecule has 1 aliphatic heterocycles. The maximum Gasteiger partial charge on any atom is 0.257 e. The lowest BCUT2D eigenvalue weighted by atomic mass is 10.2. The van der Waals surface area contributed by atoms with Crippen molar-refractivity contribution >= 4 is 46.0 Å². The average molecular weight is 431 g/mol. The number of nitrogens with zero attached hydrogens (tertiary/aromatic N) is 3. The number of carbonyl (C=O) groups excluding carboxylic acids is 2. The number of aromatic nitrogens is 1. The second-order valence-corrected chi connectivity index (χ2v) is 8.44. The number of hydrogen-bond donors (Lipinski definition) is 1. The zero-order chi connectivity index (χ0) is 20.1. The number of piperazine rings is 1. The Morgan fingerprint density at radius 1 is 1.17 bits per heavy atom. The third kappa shape index (κ3) is 5.17. The van der Waals surface area contributed by atoms with E-state index in [1.807, 2.05) is 46.0 Å². The molecule has 0 aliphatic carbocycles. The van der Waals surface area contributed by atoms with Gasteiger partial charge >= 0.3 is 0 Å². The van der Waals surface area contributed by atoms with E-state index in [0.717, 1.165) is 49.4 Å². The molecule has 0 radical (unpaired) electrons. The van der Waals surface area contributed by atoms with E-state index >= 15 is 0 Å². The van der Waals surface area contributed by atoms with Gasteiger partial charge in [0, 0.05) is 44.6 Å². The van der Waals surface area contributed by atoms with E-state index in [-0.39, 0.29) is 17.6 Å². The maximum absolute atomic E-state index is 12.4. The van der Waals surface area contributed by atoms with Crippen LogP contribution in [-0.4, -0.2) is 71.6 Å². The monoisotopic (exact) mass is 430 g/mol. The van der Waals surface area contributed by atoms with Crippen LogP contribution in [0.3, 0.4) is 0 Å². The zero-order valence-electron chi connectivity index (χ0n) is 15.9. The summed E-state index contributed by atoms with van der Waals surface area (Å²) in [5.74, 6) is 0.342. The van der Waals surface area contributed by atoms with Gasteiger partial charge in [-0.15, -0.1) is 0 Å². The maximum atomic E-state index is 12.4. The summed E-state index contributed by atoms with van der Waals surface area (Å²) in [5, 5.41) is 7.26. The minimum absolute atomic E-state index is 0.0384. The molecule has 9 heteroatoms. The summed E-state index contributed by atoms with van der Waals surface area (Å²) in [6.07, 6.45) is 0. The summed E-state index contributed by atoms with van der Waals surface area (Å²) in [4.78, 5) is 33.0. The highest BCUT2D eigenvalue weighted by molar-refractivity contribution is 7.99. The van der Waals surface area contributed by atoms with Crippen molar-refractivity contribution in [2.75, 3.05) is 45.0 Å². The lowest BCUT2D eigenvalue weighted by Crippen LogP contribution is -2.50. The molecule has 0 atom stereocenters. The Balaban J connectivity index is 1.13. The lowest BCUT2D eigenvalue weighted by molar-refractivity contribution is -0.118. The Morgan fingerprint density at radius 3 is 2.76 bits per heavy atom. The minimum atomic E-state index is -0.0384. The molecular weight excluding hydrogens is 408 g/mol. The first-order valence-electron chi connectivity index (χ1n) is 9.48. The average Bonchev–Trinajstić information content (AvgIpc) is 3.42. The van der Waals surface area contributed by atoms with Gasteiger partial charge in [0.25, 0.3) is 11.1 Å². The summed E-state index contributed by atoms with van der Waals surface area (Å²) in [7, 11) is 0. The summed E-state index contributed by atoms with van der Waals surface area (Å²) in [6, 6.07) is 9.42. The fourth-order valence-electron chi connectivity index (χ4n) is 3.19. The third-order valence-corrected chi connectivity index (χ3v) is 6.29. The van der Waals surface area contributed by atoms with Gasteiger partial charge in [0.05, 0.1) is 11.3 Å². The first-order chi connectivity index (χ1) is 14.2. The highest BCUT2D eigenvalue weighted by Crippen LogP contribution is 2.22. The normalized spacial score (nSPS) is 15.0. The molecule has 4 rings (SSSR count). The zero-order valence-corrected chi connectivity index (χ0v) is 17.5. The summed E-state index contributed by atoms with van der Waals surface area (Å²) in [5.41, 5.74) is 2.30. The number of thiophene rings is 1. The molecule has 0 saturated carbocycles. The van der Waals surface area contributed by atoms with Crippen LogP contribution < -0.4 is 5.32 Å². The van der Waals surface area contributed by atoms with Crippen molar-refractivity contribution in [1.29, 1.82) is 0 Å². The standard InChI is InChI=1S/C20H22N4O3S2/c25-18(14-29-20-22-16-3-1-2-4-17(16)27-20)21-6-7-23-8-10-24(11-9-23)19(26)15-5-12-28-13-15/h1-5,12-13H,6-11,14H2,(H,21,25). The van der Waals surface area contributed by atoms with Crippen LogP contribution in [0.4, 0.5) is 0 Å². The molecule has 0 spiro atoms. The predicted octanol–water partition coefficient (Wildman–Crippen LogP) is 2.56. The number of benzene rings is 1. The van der Waals surface area contributed by atoms with Gasteiger partial charge in [-0.25, -0.2) is 4.98 Å². The SMILES string of the molecule is O=C(CSc1nc2ccccc2o1)NCCN1CCN(C(=O)c2ccsc2)CC1. The van der Waals surface area contributed by atoms with Gasteiger partial charge in [0.2, 0.25) is 5.91 Å². The van der Waals surface area contributed by atoms with Gasteiger partial charge < -0.3 is 14.6 Å². The summed E-state index contributed by atoms with van der Waals surface area (Å²) >= 11 is 2.84. The van der Waals surface area contributed by atoms with Crippen molar-refractivity contribution in [2.24, 2.45) is 0 Å². The number of carbonyl (C=O) groups is 2. The Labute approximate surface area is 177 Å². The predicted molar refractivity (Wildman–Crippen MR) is 114 cm³/mol. The second kappa shape index (κ2) is 9.43. The van der Waals surface area contributed by atoms with Crippen molar-refractivity contribution in [3.8, 4) is 0 Å². The Hall–Kier alpha value is -2.36. The topological polar surface area (TPSA) is 78.7 Å². The molecule has 1 aliphatic rings. The van der Waals surface area contributed by atoms with Gasteiger partial charge in [-0.3, -0.25) is 14.5 Å². The van der Waals surface area contributed by atoms with Crippen LogP contribution in [0.2, 0.25) is 0 Å². The number of nitrogens with one attached hydrogen (secondary N) is 1. The van der Waals surface area contributed by atoms with Crippen LogP contribution in [0.15, 0.2) is 50.7 Å². The molecule has 1 aromatic carbocycles. The first-order valence-corrected chi connectivity index (χ1v) is 11.4. The van der Waals surface area contributed by atoms with E-state index in [0.29, 0.717) is 11.8 Å². The van der Waals surface area contributed by atoms with E-state index in [1.54, 1.807) is 0 Å². The largest absolute Gasteiger partial charge is 0.431 e. The molecule has 2 amide bonds. The smallest absolute Gasteiger partial charge is 0.257 e. The van der Waals surface area contributed by atoms with Crippen LogP contribution in [0, 0.1) is 0 Å². The van der Waals surface area contributed by atoms with Gasteiger partial charge in [-0.05, 0) is 23.6 Å². The van der Waals surface area contributed by atoms with Crippen LogP contribution in [0.1, 0.15) is 10.4 Å². The fourth-order valence-corrected chi connectivity index (χ4v) is 4.49. The van der Waals surface area contributed by atoms with Crippen LogP contribution in [-0.2, 0) is 4.79 Å². The van der Waals surface area contributed by atoms with E-state index in [4.69, 9.17) is 4.42 Å². The number of fused-ring (bicyclic) bond motifs is 1. The molecule has 0 bridgehead atoms. The van der Waals surface area contributed by atoms with Crippen molar-refractivity contribution < 1.29 is 14.0 Å². The number of amides is 2. The van der Waals surface area contributed by atoms with Gasteiger partial charge in [-0.1, -0.05) is 23.9 Å². The highest BCUT2D eigenvalue weighted by atomic mass is 32.2. The number of thioether (sulfide) groups is 1. The van der Waals surface area contributed by atoms with Crippen molar-refractivity contribution in [3.63, 3.8) is 0 Å². The second-order valence-electron chi connectivity index (χ2n) is 6.73. The molecule has 29 heavy (non-hydrogen) atoms. The first kappa shape index (κ1) is 19.9.